The van der Waals surface area contributed by atoms with Gasteiger partial charge in [0.1, 0.15) is 17.6 Å². The van der Waals surface area contributed by atoms with Crippen molar-refractivity contribution in [1.82, 2.24) is 0 Å². The van der Waals surface area contributed by atoms with E-state index in [9.17, 15) is 9.18 Å². The van der Waals surface area contributed by atoms with Gasteiger partial charge in [0, 0.05) is 8.80 Å². The lowest BCUT2D eigenvalue weighted by Crippen LogP contribution is -2.20. The Labute approximate surface area is 174 Å². The van der Waals surface area contributed by atoms with Gasteiger partial charge < -0.3 is 4.74 Å². The Kier molecular flexibility index (Phi) is 7.59. The largest absolute Gasteiger partial charge is 0.423 e. The molecule has 151 valence electrons. The van der Waals surface area contributed by atoms with Crippen molar-refractivity contribution in [2.45, 2.75) is 63.1 Å². The standard InChI is InChI=1S/C24H27FNO2Si/c1-2-3-4-13-29-14-11-19(12-15-29)18-7-9-22(10-8-18)28-24(27)20-5-6-21(17-26)23(25)16-20/h5-10,16,19H,2-4,11-15H2,1H3. The van der Waals surface area contributed by atoms with Gasteiger partial charge in [-0.2, -0.15) is 5.26 Å². The first-order valence-electron chi connectivity index (χ1n) is 10.5. The van der Waals surface area contributed by atoms with Gasteiger partial charge in [-0.25, -0.2) is 9.18 Å². The molecular weight excluding hydrogens is 381 g/mol. The molecule has 0 saturated carbocycles. The molecule has 3 rings (SSSR count). The van der Waals surface area contributed by atoms with E-state index in [-0.39, 0.29) is 19.9 Å². The fourth-order valence-electron chi connectivity index (χ4n) is 3.94. The molecule has 1 heterocycles. The van der Waals surface area contributed by atoms with E-state index in [1.165, 1.54) is 67.9 Å². The van der Waals surface area contributed by atoms with Gasteiger partial charge in [-0.05, 0) is 54.7 Å². The van der Waals surface area contributed by atoms with Crippen LogP contribution in [0.25, 0.3) is 0 Å². The molecule has 0 spiro atoms. The van der Waals surface area contributed by atoms with Crippen molar-refractivity contribution in [1.29, 1.82) is 5.26 Å². The van der Waals surface area contributed by atoms with Crippen LogP contribution in [0.15, 0.2) is 42.5 Å². The average Bonchev–Trinajstić information content (AvgIpc) is 2.75. The second-order valence-electron chi connectivity index (χ2n) is 7.75. The normalized spacial score (nSPS) is 15.1. The number of halogens is 1. The Bertz CT molecular complexity index is 867. The maximum Gasteiger partial charge on any atom is 0.343 e. The summed E-state index contributed by atoms with van der Waals surface area (Å²) in [5, 5.41) is 8.77. The number of ether oxygens (including phenoxy) is 1. The molecule has 1 aliphatic heterocycles. The van der Waals surface area contributed by atoms with Crippen LogP contribution in [0.5, 0.6) is 5.75 Å². The van der Waals surface area contributed by atoms with Crippen LogP contribution >= 0.6 is 0 Å². The molecule has 0 aromatic heterocycles. The quantitative estimate of drug-likeness (QED) is 0.228. The fraction of sp³-hybridized carbons (Fsp3) is 0.417. The fourth-order valence-corrected chi connectivity index (χ4v) is 6.95. The summed E-state index contributed by atoms with van der Waals surface area (Å²) in [5.41, 5.74) is 1.31. The predicted molar refractivity (Wildman–Crippen MR) is 114 cm³/mol. The van der Waals surface area contributed by atoms with Crippen LogP contribution in [0.2, 0.25) is 18.1 Å². The highest BCUT2D eigenvalue weighted by atomic mass is 28.3. The van der Waals surface area contributed by atoms with Crippen LogP contribution in [0.4, 0.5) is 4.39 Å². The van der Waals surface area contributed by atoms with E-state index in [1.807, 2.05) is 24.3 Å². The van der Waals surface area contributed by atoms with Crippen LogP contribution < -0.4 is 4.74 Å². The number of rotatable bonds is 7. The van der Waals surface area contributed by atoms with E-state index in [0.717, 1.165) is 6.07 Å². The summed E-state index contributed by atoms with van der Waals surface area (Å²) in [6.45, 7) is 2.26. The zero-order chi connectivity index (χ0) is 20.6. The number of benzene rings is 2. The van der Waals surface area contributed by atoms with Crippen molar-refractivity contribution in [2.24, 2.45) is 0 Å². The number of carbonyl (C=O) groups excluding carboxylic acids is 1. The molecule has 0 bridgehead atoms. The zero-order valence-electron chi connectivity index (χ0n) is 16.9. The molecule has 5 heteroatoms. The third kappa shape index (κ3) is 5.77. The molecule has 0 unspecified atom stereocenters. The van der Waals surface area contributed by atoms with Crippen LogP contribution in [0, 0.1) is 17.1 Å². The Morgan fingerprint density at radius 2 is 1.90 bits per heavy atom. The molecule has 1 radical (unpaired) electrons. The van der Waals surface area contributed by atoms with Gasteiger partial charge in [-0.3, -0.25) is 0 Å². The first-order valence-corrected chi connectivity index (χ1v) is 12.6. The van der Waals surface area contributed by atoms with Crippen molar-refractivity contribution in [3.63, 3.8) is 0 Å². The van der Waals surface area contributed by atoms with Gasteiger partial charge in [0.2, 0.25) is 0 Å². The Balaban J connectivity index is 1.53. The van der Waals surface area contributed by atoms with Crippen molar-refractivity contribution >= 4 is 14.8 Å². The number of unbranched alkanes of at least 4 members (excludes halogenated alkanes) is 2. The summed E-state index contributed by atoms with van der Waals surface area (Å²) in [5.74, 6) is -0.292. The Hall–Kier alpha value is -2.45. The molecule has 2 aromatic carbocycles. The molecule has 0 amide bonds. The number of hydrogen-bond acceptors (Lipinski definition) is 3. The molecule has 1 saturated heterocycles. The van der Waals surface area contributed by atoms with Gasteiger partial charge in [0.25, 0.3) is 0 Å². The summed E-state index contributed by atoms with van der Waals surface area (Å²) >= 11 is 0. The lowest BCUT2D eigenvalue weighted by atomic mass is 9.93. The first kappa shape index (κ1) is 21.3. The molecule has 2 aromatic rings. The summed E-state index contributed by atoms with van der Waals surface area (Å²) in [6.07, 6.45) is 6.61. The molecule has 0 N–H and O–H groups in total. The van der Waals surface area contributed by atoms with Crippen molar-refractivity contribution < 1.29 is 13.9 Å². The third-order valence-electron chi connectivity index (χ3n) is 5.71. The maximum absolute atomic E-state index is 13.7. The number of carbonyl (C=O) groups is 1. The molecule has 1 aliphatic rings. The molecule has 29 heavy (non-hydrogen) atoms. The molecular formula is C24H27FNO2Si. The highest BCUT2D eigenvalue weighted by Crippen LogP contribution is 2.35. The van der Waals surface area contributed by atoms with Crippen LogP contribution in [0.3, 0.4) is 0 Å². The van der Waals surface area contributed by atoms with Gasteiger partial charge in [-0.1, -0.05) is 56.5 Å². The summed E-state index contributed by atoms with van der Waals surface area (Å²) < 4.78 is 19.1. The second kappa shape index (κ2) is 10.4. The smallest absolute Gasteiger partial charge is 0.343 e. The molecule has 3 nitrogen and oxygen atoms in total. The third-order valence-corrected chi connectivity index (χ3v) is 8.77. The summed E-state index contributed by atoms with van der Waals surface area (Å²) in [4.78, 5) is 12.2. The highest BCUT2D eigenvalue weighted by molar-refractivity contribution is 6.59. The average molecular weight is 409 g/mol. The molecule has 1 fully saturated rings. The van der Waals surface area contributed by atoms with Gasteiger partial charge in [0.15, 0.2) is 0 Å². The summed E-state index contributed by atoms with van der Waals surface area (Å²) in [7, 11) is -0.143. The first-order chi connectivity index (χ1) is 14.1. The van der Waals surface area contributed by atoms with E-state index in [1.54, 1.807) is 6.07 Å². The minimum atomic E-state index is -0.717. The number of nitriles is 1. The minimum absolute atomic E-state index is 0.0896. The highest BCUT2D eigenvalue weighted by Gasteiger charge is 2.23. The van der Waals surface area contributed by atoms with E-state index in [2.05, 4.69) is 6.92 Å². The van der Waals surface area contributed by atoms with Crippen LogP contribution in [-0.2, 0) is 0 Å². The van der Waals surface area contributed by atoms with Gasteiger partial charge in [0.05, 0.1) is 11.1 Å². The van der Waals surface area contributed by atoms with Crippen LogP contribution in [-0.4, -0.2) is 14.8 Å². The Morgan fingerprint density at radius 3 is 2.52 bits per heavy atom. The van der Waals surface area contributed by atoms with E-state index >= 15 is 0 Å². The molecule has 0 aliphatic carbocycles. The number of hydrogen-bond donors (Lipinski definition) is 0. The van der Waals surface area contributed by atoms with Crippen molar-refractivity contribution in [3.05, 3.63) is 65.0 Å². The lowest BCUT2D eigenvalue weighted by molar-refractivity contribution is 0.0734. The topological polar surface area (TPSA) is 50.1 Å². The van der Waals surface area contributed by atoms with Crippen molar-refractivity contribution in [3.8, 4) is 11.8 Å². The zero-order valence-corrected chi connectivity index (χ0v) is 17.9. The van der Waals surface area contributed by atoms with E-state index in [4.69, 9.17) is 10.00 Å². The van der Waals surface area contributed by atoms with Gasteiger partial charge in [-0.15, -0.1) is 0 Å². The minimum Gasteiger partial charge on any atom is -0.423 e. The number of nitrogens with zero attached hydrogens (tertiary/aromatic N) is 1. The second-order valence-corrected chi connectivity index (χ2v) is 10.7. The number of esters is 1. The summed E-state index contributed by atoms with van der Waals surface area (Å²) in [6, 6.07) is 17.5. The Morgan fingerprint density at radius 1 is 1.17 bits per heavy atom. The monoisotopic (exact) mass is 408 g/mol. The van der Waals surface area contributed by atoms with E-state index < -0.39 is 11.8 Å². The predicted octanol–water partition coefficient (Wildman–Crippen LogP) is 6.48. The lowest BCUT2D eigenvalue weighted by Gasteiger charge is -2.27. The van der Waals surface area contributed by atoms with Crippen LogP contribution in [0.1, 0.15) is 66.4 Å². The van der Waals surface area contributed by atoms with Gasteiger partial charge >= 0.3 is 5.97 Å². The van der Waals surface area contributed by atoms with Crippen molar-refractivity contribution in [2.75, 3.05) is 0 Å². The SMILES string of the molecule is CCCCC[Si]1CCC(c2ccc(OC(=O)c3ccc(C#N)c(F)c3)cc2)CC1. The molecule has 0 atom stereocenters. The maximum atomic E-state index is 13.7. The van der Waals surface area contributed by atoms with E-state index in [0.29, 0.717) is 11.7 Å².